The molecule has 0 unspecified atom stereocenters. The summed E-state index contributed by atoms with van der Waals surface area (Å²) in [6.07, 6.45) is 6.04. The molecule has 0 spiro atoms. The number of fused-ring (bicyclic) bond motifs is 1. The Labute approximate surface area is 143 Å². The fourth-order valence-corrected chi connectivity index (χ4v) is 3.92. The fraction of sp³-hybridized carbons (Fsp3) is 0.579. The second-order valence-corrected chi connectivity index (χ2v) is 6.79. The standard InChI is InChI=1S/C19H26N2O3/c22-13-17-16-9-5-4-6-14(16)10-11-21(17)18(23)12-20-19(24)15-7-2-1-3-8-15/h4-6,9,15,17,22H,1-3,7-8,10-13H2,(H,20,24)/t17-/m1/s1. The van der Waals surface area contributed by atoms with Gasteiger partial charge in [0, 0.05) is 12.5 Å². The van der Waals surface area contributed by atoms with E-state index in [0.717, 1.165) is 37.7 Å². The summed E-state index contributed by atoms with van der Waals surface area (Å²) in [7, 11) is 0. The molecule has 1 saturated carbocycles. The number of aliphatic hydroxyl groups excluding tert-OH is 1. The van der Waals surface area contributed by atoms with Crippen molar-refractivity contribution in [3.8, 4) is 0 Å². The maximum absolute atomic E-state index is 12.6. The molecule has 0 radical (unpaired) electrons. The Kier molecular flexibility index (Phi) is 5.51. The van der Waals surface area contributed by atoms with Gasteiger partial charge in [-0.15, -0.1) is 0 Å². The summed E-state index contributed by atoms with van der Waals surface area (Å²) >= 11 is 0. The number of amides is 2. The molecule has 1 fully saturated rings. The minimum Gasteiger partial charge on any atom is -0.394 e. The van der Waals surface area contributed by atoms with E-state index >= 15 is 0 Å². The molecule has 3 rings (SSSR count). The lowest BCUT2D eigenvalue weighted by Crippen LogP contribution is -2.47. The summed E-state index contributed by atoms with van der Waals surface area (Å²) < 4.78 is 0. The zero-order valence-corrected chi connectivity index (χ0v) is 14.0. The summed E-state index contributed by atoms with van der Waals surface area (Å²) in [5.41, 5.74) is 2.20. The molecule has 5 nitrogen and oxygen atoms in total. The largest absolute Gasteiger partial charge is 0.394 e. The Balaban J connectivity index is 1.59. The first-order valence-corrected chi connectivity index (χ1v) is 8.96. The van der Waals surface area contributed by atoms with E-state index in [9.17, 15) is 14.7 Å². The molecule has 1 aliphatic heterocycles. The highest BCUT2D eigenvalue weighted by molar-refractivity contribution is 5.86. The summed E-state index contributed by atoms with van der Waals surface area (Å²) in [4.78, 5) is 26.5. The van der Waals surface area contributed by atoms with E-state index < -0.39 is 0 Å². The van der Waals surface area contributed by atoms with Crippen LogP contribution in [0.15, 0.2) is 24.3 Å². The van der Waals surface area contributed by atoms with Crippen molar-refractivity contribution < 1.29 is 14.7 Å². The smallest absolute Gasteiger partial charge is 0.242 e. The SMILES string of the molecule is O=C(NCC(=O)N1CCc2ccccc2[C@H]1CO)C1CCCCC1. The van der Waals surface area contributed by atoms with Crippen molar-refractivity contribution in [3.05, 3.63) is 35.4 Å². The lowest BCUT2D eigenvalue weighted by molar-refractivity contribution is -0.137. The Morgan fingerprint density at radius 3 is 2.67 bits per heavy atom. The molecule has 1 aromatic carbocycles. The van der Waals surface area contributed by atoms with Gasteiger partial charge in [-0.2, -0.15) is 0 Å². The zero-order valence-electron chi connectivity index (χ0n) is 14.0. The molecule has 1 heterocycles. The lowest BCUT2D eigenvalue weighted by atomic mass is 9.88. The van der Waals surface area contributed by atoms with Gasteiger partial charge in [-0.1, -0.05) is 43.5 Å². The van der Waals surface area contributed by atoms with Gasteiger partial charge in [-0.05, 0) is 30.4 Å². The summed E-state index contributed by atoms with van der Waals surface area (Å²) in [5.74, 6) is -0.0593. The van der Waals surface area contributed by atoms with E-state index in [1.165, 1.54) is 12.0 Å². The molecule has 2 amide bonds. The molecule has 0 saturated heterocycles. The van der Waals surface area contributed by atoms with Gasteiger partial charge in [0.25, 0.3) is 0 Å². The van der Waals surface area contributed by atoms with Crippen LogP contribution in [0.1, 0.15) is 49.3 Å². The van der Waals surface area contributed by atoms with Gasteiger partial charge in [-0.3, -0.25) is 9.59 Å². The minimum absolute atomic E-state index is 0.000933. The van der Waals surface area contributed by atoms with Crippen molar-refractivity contribution in [2.75, 3.05) is 19.7 Å². The first-order valence-electron chi connectivity index (χ1n) is 8.96. The molecule has 5 heteroatoms. The molecule has 1 atom stereocenters. The normalized spacial score (nSPS) is 21.2. The topological polar surface area (TPSA) is 69.6 Å². The maximum atomic E-state index is 12.6. The van der Waals surface area contributed by atoms with Gasteiger partial charge >= 0.3 is 0 Å². The predicted octanol–water partition coefficient (Wildman–Crippen LogP) is 1.80. The van der Waals surface area contributed by atoms with Crippen LogP contribution in [0.3, 0.4) is 0 Å². The van der Waals surface area contributed by atoms with Crippen LogP contribution in [0.4, 0.5) is 0 Å². The van der Waals surface area contributed by atoms with E-state index in [4.69, 9.17) is 0 Å². The van der Waals surface area contributed by atoms with Crippen LogP contribution in [0.2, 0.25) is 0 Å². The van der Waals surface area contributed by atoms with Crippen molar-refractivity contribution in [1.82, 2.24) is 10.2 Å². The van der Waals surface area contributed by atoms with E-state index in [1.54, 1.807) is 4.90 Å². The van der Waals surface area contributed by atoms with Gasteiger partial charge in [0.05, 0.1) is 19.2 Å². The first-order chi connectivity index (χ1) is 11.7. The van der Waals surface area contributed by atoms with Gasteiger partial charge < -0.3 is 15.3 Å². The fourth-order valence-electron chi connectivity index (χ4n) is 3.92. The number of hydrogen-bond donors (Lipinski definition) is 2. The van der Waals surface area contributed by atoms with Crippen LogP contribution >= 0.6 is 0 Å². The van der Waals surface area contributed by atoms with Crippen molar-refractivity contribution in [3.63, 3.8) is 0 Å². The van der Waals surface area contributed by atoms with E-state index in [1.807, 2.05) is 24.3 Å². The van der Waals surface area contributed by atoms with Crippen LogP contribution in [-0.4, -0.2) is 41.5 Å². The Bertz CT molecular complexity index is 596. The second kappa shape index (κ2) is 7.79. The highest BCUT2D eigenvalue weighted by Crippen LogP contribution is 2.29. The highest BCUT2D eigenvalue weighted by Gasteiger charge is 2.30. The number of aliphatic hydroxyl groups is 1. The molecule has 0 aromatic heterocycles. The minimum atomic E-state index is -0.311. The second-order valence-electron chi connectivity index (χ2n) is 6.79. The van der Waals surface area contributed by atoms with Crippen LogP contribution in [0.5, 0.6) is 0 Å². The van der Waals surface area contributed by atoms with Gasteiger partial charge in [0.2, 0.25) is 11.8 Å². The zero-order chi connectivity index (χ0) is 16.9. The number of carbonyl (C=O) groups excluding carboxylic acids is 2. The number of carbonyl (C=O) groups is 2. The number of rotatable bonds is 4. The molecule has 2 N–H and O–H groups in total. The van der Waals surface area contributed by atoms with Gasteiger partial charge in [-0.25, -0.2) is 0 Å². The Morgan fingerprint density at radius 2 is 1.92 bits per heavy atom. The Hall–Kier alpha value is -1.88. The number of nitrogens with zero attached hydrogens (tertiary/aromatic N) is 1. The summed E-state index contributed by atoms with van der Waals surface area (Å²) in [5, 5.41) is 12.6. The molecule has 24 heavy (non-hydrogen) atoms. The number of hydrogen-bond acceptors (Lipinski definition) is 3. The van der Waals surface area contributed by atoms with Crippen LogP contribution < -0.4 is 5.32 Å². The summed E-state index contributed by atoms with van der Waals surface area (Å²) in [6, 6.07) is 7.62. The molecule has 1 aliphatic carbocycles. The van der Waals surface area contributed by atoms with Crippen molar-refractivity contribution in [2.45, 2.75) is 44.6 Å². The molecular weight excluding hydrogens is 304 g/mol. The monoisotopic (exact) mass is 330 g/mol. The average molecular weight is 330 g/mol. The van der Waals surface area contributed by atoms with Crippen LogP contribution in [-0.2, 0) is 16.0 Å². The van der Waals surface area contributed by atoms with Gasteiger partial charge in [0.1, 0.15) is 0 Å². The van der Waals surface area contributed by atoms with Gasteiger partial charge in [0.15, 0.2) is 0 Å². The lowest BCUT2D eigenvalue weighted by Gasteiger charge is -2.36. The van der Waals surface area contributed by atoms with Crippen molar-refractivity contribution >= 4 is 11.8 Å². The third-order valence-corrected chi connectivity index (χ3v) is 5.30. The number of benzene rings is 1. The summed E-state index contributed by atoms with van der Waals surface area (Å²) in [6.45, 7) is 0.508. The maximum Gasteiger partial charge on any atom is 0.242 e. The van der Waals surface area contributed by atoms with Crippen molar-refractivity contribution in [1.29, 1.82) is 0 Å². The van der Waals surface area contributed by atoms with Crippen molar-refractivity contribution in [2.24, 2.45) is 5.92 Å². The average Bonchev–Trinajstić information content (AvgIpc) is 2.65. The Morgan fingerprint density at radius 1 is 1.17 bits per heavy atom. The van der Waals surface area contributed by atoms with E-state index in [-0.39, 0.29) is 36.9 Å². The third-order valence-electron chi connectivity index (χ3n) is 5.30. The van der Waals surface area contributed by atoms with Crippen LogP contribution in [0.25, 0.3) is 0 Å². The highest BCUT2D eigenvalue weighted by atomic mass is 16.3. The number of nitrogens with one attached hydrogen (secondary N) is 1. The van der Waals surface area contributed by atoms with Crippen LogP contribution in [0, 0.1) is 5.92 Å². The predicted molar refractivity (Wildman–Crippen MR) is 91.3 cm³/mol. The molecular formula is C19H26N2O3. The van der Waals surface area contributed by atoms with E-state index in [0.29, 0.717) is 6.54 Å². The molecule has 130 valence electrons. The molecule has 2 aliphatic rings. The molecule has 0 bridgehead atoms. The third kappa shape index (κ3) is 3.61. The molecule has 1 aromatic rings. The quantitative estimate of drug-likeness (QED) is 0.884. The first kappa shape index (κ1) is 17.0. The van der Waals surface area contributed by atoms with E-state index in [2.05, 4.69) is 5.32 Å².